The third kappa shape index (κ3) is 5.61. The second-order valence-corrected chi connectivity index (χ2v) is 5.01. The smallest absolute Gasteiger partial charge is 0.126 e. The average molecular weight is 253 g/mol. The number of rotatable bonds is 8. The minimum Gasteiger partial charge on any atom is -0.385 e. The van der Waals surface area contributed by atoms with Crippen molar-refractivity contribution in [1.82, 2.24) is 5.32 Å². The first-order valence-electron chi connectivity index (χ1n) is 6.59. The van der Waals surface area contributed by atoms with Crippen LogP contribution in [0.3, 0.4) is 0 Å². The van der Waals surface area contributed by atoms with Crippen molar-refractivity contribution in [2.24, 2.45) is 5.92 Å². The molecule has 0 aliphatic rings. The van der Waals surface area contributed by atoms with Gasteiger partial charge in [0.2, 0.25) is 0 Å². The summed E-state index contributed by atoms with van der Waals surface area (Å²) >= 11 is 0. The summed E-state index contributed by atoms with van der Waals surface area (Å²) < 4.78 is 18.7. The van der Waals surface area contributed by atoms with Gasteiger partial charge in [0.05, 0.1) is 0 Å². The molecule has 0 bridgehead atoms. The molecule has 1 unspecified atom stereocenters. The highest BCUT2D eigenvalue weighted by molar-refractivity contribution is 5.17. The van der Waals surface area contributed by atoms with E-state index in [1.807, 2.05) is 12.1 Å². The number of halogens is 1. The molecule has 0 fully saturated rings. The molecule has 0 saturated carbocycles. The van der Waals surface area contributed by atoms with Gasteiger partial charge < -0.3 is 10.1 Å². The summed E-state index contributed by atoms with van der Waals surface area (Å²) in [6, 6.07) is 7.47. The van der Waals surface area contributed by atoms with Gasteiger partial charge in [-0.05, 0) is 36.9 Å². The molecule has 18 heavy (non-hydrogen) atoms. The summed E-state index contributed by atoms with van der Waals surface area (Å²) in [7, 11) is 1.70. The van der Waals surface area contributed by atoms with E-state index in [-0.39, 0.29) is 5.82 Å². The van der Waals surface area contributed by atoms with E-state index in [1.54, 1.807) is 13.2 Å². The predicted octanol–water partition coefficient (Wildman–Crippen LogP) is 3.02. The Morgan fingerprint density at radius 3 is 2.61 bits per heavy atom. The Morgan fingerprint density at radius 1 is 1.28 bits per heavy atom. The Bertz CT molecular complexity index is 341. The second-order valence-electron chi connectivity index (χ2n) is 5.01. The summed E-state index contributed by atoms with van der Waals surface area (Å²) in [5, 5.41) is 3.42. The molecule has 0 spiro atoms. The first-order chi connectivity index (χ1) is 8.63. The molecule has 0 aliphatic carbocycles. The van der Waals surface area contributed by atoms with Crippen LogP contribution in [-0.4, -0.2) is 26.3 Å². The molecule has 0 aliphatic heterocycles. The minimum absolute atomic E-state index is 0.107. The largest absolute Gasteiger partial charge is 0.385 e. The third-order valence-corrected chi connectivity index (χ3v) is 3.01. The zero-order valence-corrected chi connectivity index (χ0v) is 11.6. The summed E-state index contributed by atoms with van der Waals surface area (Å²) in [4.78, 5) is 0. The predicted molar refractivity (Wildman–Crippen MR) is 73.2 cm³/mol. The normalized spacial score (nSPS) is 12.9. The molecule has 0 radical (unpaired) electrons. The number of nitrogens with one attached hydrogen (secondary N) is 1. The van der Waals surface area contributed by atoms with Gasteiger partial charge in [-0.25, -0.2) is 4.39 Å². The lowest BCUT2D eigenvalue weighted by Crippen LogP contribution is -2.30. The van der Waals surface area contributed by atoms with Gasteiger partial charge in [-0.1, -0.05) is 32.0 Å². The molecule has 1 aromatic carbocycles. The van der Waals surface area contributed by atoms with Gasteiger partial charge >= 0.3 is 0 Å². The first kappa shape index (κ1) is 15.1. The molecule has 102 valence electrons. The topological polar surface area (TPSA) is 21.3 Å². The van der Waals surface area contributed by atoms with E-state index in [0.29, 0.717) is 12.0 Å². The molecule has 0 amide bonds. The average Bonchev–Trinajstić information content (AvgIpc) is 2.35. The number of hydrogen-bond acceptors (Lipinski definition) is 2. The quantitative estimate of drug-likeness (QED) is 0.769. The van der Waals surface area contributed by atoms with Crippen LogP contribution in [0.25, 0.3) is 0 Å². The van der Waals surface area contributed by atoms with Crippen molar-refractivity contribution in [2.75, 3.05) is 20.3 Å². The Labute approximate surface area is 110 Å². The Hall–Kier alpha value is -0.930. The highest BCUT2D eigenvalue weighted by Crippen LogP contribution is 2.15. The third-order valence-electron chi connectivity index (χ3n) is 3.01. The Kier molecular flexibility index (Phi) is 6.91. The number of benzene rings is 1. The van der Waals surface area contributed by atoms with Crippen molar-refractivity contribution in [2.45, 2.75) is 32.7 Å². The monoisotopic (exact) mass is 253 g/mol. The van der Waals surface area contributed by atoms with Crippen LogP contribution in [0.4, 0.5) is 4.39 Å². The van der Waals surface area contributed by atoms with Crippen LogP contribution in [0.5, 0.6) is 0 Å². The molecule has 1 aromatic rings. The van der Waals surface area contributed by atoms with Crippen LogP contribution in [-0.2, 0) is 11.2 Å². The zero-order chi connectivity index (χ0) is 13.4. The van der Waals surface area contributed by atoms with E-state index in [0.717, 1.165) is 31.6 Å². The lowest BCUT2D eigenvalue weighted by atomic mass is 9.96. The van der Waals surface area contributed by atoms with Gasteiger partial charge in [0.1, 0.15) is 5.82 Å². The number of ether oxygens (including phenoxy) is 1. The molecule has 0 aromatic heterocycles. The lowest BCUT2D eigenvalue weighted by Gasteiger charge is -2.19. The molecule has 0 heterocycles. The van der Waals surface area contributed by atoms with E-state index < -0.39 is 0 Å². The molecular formula is C15H24FNO. The van der Waals surface area contributed by atoms with Crippen molar-refractivity contribution in [3.05, 3.63) is 35.6 Å². The van der Waals surface area contributed by atoms with Crippen molar-refractivity contribution >= 4 is 0 Å². The zero-order valence-electron chi connectivity index (χ0n) is 11.6. The Balaban J connectivity index is 2.56. The van der Waals surface area contributed by atoms with Gasteiger partial charge in [-0.15, -0.1) is 0 Å². The molecular weight excluding hydrogens is 229 g/mol. The highest BCUT2D eigenvalue weighted by atomic mass is 19.1. The van der Waals surface area contributed by atoms with Crippen LogP contribution in [0.15, 0.2) is 24.3 Å². The maximum atomic E-state index is 13.6. The van der Waals surface area contributed by atoms with E-state index in [2.05, 4.69) is 19.2 Å². The maximum Gasteiger partial charge on any atom is 0.126 e. The van der Waals surface area contributed by atoms with Gasteiger partial charge in [0, 0.05) is 19.8 Å². The fourth-order valence-corrected chi connectivity index (χ4v) is 1.94. The Morgan fingerprint density at radius 2 is 2.00 bits per heavy atom. The van der Waals surface area contributed by atoms with Gasteiger partial charge in [0.25, 0.3) is 0 Å². The minimum atomic E-state index is -0.107. The SMILES string of the molecule is COCCC(CNC(C)C)Cc1ccccc1F. The van der Waals surface area contributed by atoms with Crippen molar-refractivity contribution in [3.8, 4) is 0 Å². The number of hydrogen-bond donors (Lipinski definition) is 1. The summed E-state index contributed by atoms with van der Waals surface area (Å²) in [5.41, 5.74) is 0.796. The van der Waals surface area contributed by atoms with E-state index >= 15 is 0 Å². The van der Waals surface area contributed by atoms with Crippen molar-refractivity contribution in [3.63, 3.8) is 0 Å². The van der Waals surface area contributed by atoms with Crippen LogP contribution >= 0.6 is 0 Å². The first-order valence-corrected chi connectivity index (χ1v) is 6.59. The maximum absolute atomic E-state index is 13.6. The molecule has 0 saturated heterocycles. The standard InChI is InChI=1S/C15H24FNO/c1-12(2)17-11-13(8-9-18-3)10-14-6-4-5-7-15(14)16/h4-7,12-13,17H,8-11H2,1-3H3. The molecule has 1 rings (SSSR count). The van der Waals surface area contributed by atoms with E-state index in [9.17, 15) is 4.39 Å². The van der Waals surface area contributed by atoms with Gasteiger partial charge in [-0.2, -0.15) is 0 Å². The van der Waals surface area contributed by atoms with Gasteiger partial charge in [0.15, 0.2) is 0 Å². The summed E-state index contributed by atoms with van der Waals surface area (Å²) in [5.74, 6) is 0.300. The lowest BCUT2D eigenvalue weighted by molar-refractivity contribution is 0.175. The van der Waals surface area contributed by atoms with Crippen molar-refractivity contribution in [1.29, 1.82) is 0 Å². The fourth-order valence-electron chi connectivity index (χ4n) is 1.94. The van der Waals surface area contributed by atoms with Gasteiger partial charge in [-0.3, -0.25) is 0 Å². The number of methoxy groups -OCH3 is 1. The van der Waals surface area contributed by atoms with Crippen LogP contribution in [0, 0.1) is 11.7 Å². The van der Waals surface area contributed by atoms with Crippen LogP contribution in [0.1, 0.15) is 25.8 Å². The summed E-state index contributed by atoms with van der Waals surface area (Å²) in [6.07, 6.45) is 1.71. The van der Waals surface area contributed by atoms with Crippen LogP contribution in [0.2, 0.25) is 0 Å². The highest BCUT2D eigenvalue weighted by Gasteiger charge is 2.12. The molecule has 1 N–H and O–H groups in total. The van der Waals surface area contributed by atoms with Crippen molar-refractivity contribution < 1.29 is 9.13 Å². The molecule has 3 heteroatoms. The van der Waals surface area contributed by atoms with Crippen LogP contribution < -0.4 is 5.32 Å². The van der Waals surface area contributed by atoms with E-state index in [1.165, 1.54) is 6.07 Å². The van der Waals surface area contributed by atoms with E-state index in [4.69, 9.17) is 4.74 Å². The molecule has 1 atom stereocenters. The molecule has 2 nitrogen and oxygen atoms in total. The summed E-state index contributed by atoms with van der Waals surface area (Å²) in [6.45, 7) is 5.86. The second kappa shape index (κ2) is 8.22. The fraction of sp³-hybridized carbons (Fsp3) is 0.600.